The summed E-state index contributed by atoms with van der Waals surface area (Å²) >= 11 is 12.6. The van der Waals surface area contributed by atoms with E-state index in [9.17, 15) is 9.90 Å². The zero-order valence-electron chi connectivity index (χ0n) is 15.2. The Morgan fingerprint density at radius 3 is 2.41 bits per heavy atom. The molecule has 6 heteroatoms. The number of likely N-dealkylation sites (tertiary alicyclic amines) is 1. The minimum Gasteiger partial charge on any atom is -0.494 e. The molecule has 2 aromatic rings. The molecule has 1 heterocycles. The molecular formula is C21H23Cl2NO3. The smallest absolute Gasteiger partial charge is 0.306 e. The first-order chi connectivity index (χ1) is 13.0. The predicted molar refractivity (Wildman–Crippen MR) is 108 cm³/mol. The quantitative estimate of drug-likeness (QED) is 0.707. The number of hydrogen-bond acceptors (Lipinski definition) is 3. The van der Waals surface area contributed by atoms with E-state index in [1.807, 2.05) is 43.3 Å². The van der Waals surface area contributed by atoms with E-state index in [0.29, 0.717) is 42.6 Å². The van der Waals surface area contributed by atoms with Gasteiger partial charge in [-0.3, -0.25) is 9.69 Å². The third-order valence-electron chi connectivity index (χ3n) is 5.01. The number of nitrogens with zero attached hydrogens (tertiary/aromatic N) is 1. The van der Waals surface area contributed by atoms with Gasteiger partial charge in [0.25, 0.3) is 0 Å². The maximum Gasteiger partial charge on any atom is 0.306 e. The van der Waals surface area contributed by atoms with Crippen molar-refractivity contribution in [3.05, 3.63) is 63.6 Å². The van der Waals surface area contributed by atoms with Crippen LogP contribution in [0, 0.1) is 5.92 Å². The number of hydrogen-bond donors (Lipinski definition) is 1. The van der Waals surface area contributed by atoms with Crippen LogP contribution >= 0.6 is 23.2 Å². The monoisotopic (exact) mass is 407 g/mol. The second-order valence-electron chi connectivity index (χ2n) is 6.72. The van der Waals surface area contributed by atoms with E-state index >= 15 is 0 Å². The van der Waals surface area contributed by atoms with Crippen molar-refractivity contribution in [2.24, 2.45) is 5.92 Å². The van der Waals surface area contributed by atoms with Gasteiger partial charge in [0, 0.05) is 10.0 Å². The highest BCUT2D eigenvalue weighted by Crippen LogP contribution is 2.37. The molecule has 1 aliphatic heterocycles. The highest BCUT2D eigenvalue weighted by molar-refractivity contribution is 6.35. The van der Waals surface area contributed by atoms with E-state index in [-0.39, 0.29) is 12.0 Å². The first-order valence-electron chi connectivity index (χ1n) is 9.14. The van der Waals surface area contributed by atoms with Crippen LogP contribution in [0.25, 0.3) is 0 Å². The number of rotatable bonds is 6. The summed E-state index contributed by atoms with van der Waals surface area (Å²) in [5.41, 5.74) is 2.07. The first-order valence-corrected chi connectivity index (χ1v) is 9.89. The average Bonchev–Trinajstić information content (AvgIpc) is 2.65. The highest BCUT2D eigenvalue weighted by Gasteiger charge is 2.31. The third-order valence-corrected chi connectivity index (χ3v) is 5.57. The lowest BCUT2D eigenvalue weighted by Gasteiger charge is -2.37. The first kappa shape index (κ1) is 20.0. The summed E-state index contributed by atoms with van der Waals surface area (Å²) in [5.74, 6) is -0.161. The van der Waals surface area contributed by atoms with Gasteiger partial charge < -0.3 is 9.84 Å². The van der Waals surface area contributed by atoms with Crippen molar-refractivity contribution in [2.75, 3.05) is 19.7 Å². The summed E-state index contributed by atoms with van der Waals surface area (Å²) in [6.07, 6.45) is 1.27. The van der Waals surface area contributed by atoms with E-state index in [1.54, 1.807) is 6.07 Å². The zero-order valence-corrected chi connectivity index (χ0v) is 16.7. The molecule has 144 valence electrons. The van der Waals surface area contributed by atoms with Gasteiger partial charge in [0.15, 0.2) is 0 Å². The van der Waals surface area contributed by atoms with Crippen LogP contribution in [-0.4, -0.2) is 35.7 Å². The summed E-state index contributed by atoms with van der Waals surface area (Å²) in [4.78, 5) is 13.6. The molecule has 1 saturated heterocycles. The molecule has 0 bridgehead atoms. The van der Waals surface area contributed by atoms with Gasteiger partial charge in [-0.2, -0.15) is 0 Å². The Balaban J connectivity index is 1.93. The number of carboxylic acids is 1. The van der Waals surface area contributed by atoms with Crippen LogP contribution in [0.4, 0.5) is 0 Å². The fourth-order valence-electron chi connectivity index (χ4n) is 3.63. The average molecular weight is 408 g/mol. The van der Waals surface area contributed by atoms with E-state index in [1.165, 1.54) is 0 Å². The number of halogens is 2. The van der Waals surface area contributed by atoms with Crippen LogP contribution in [0.1, 0.15) is 36.9 Å². The second-order valence-corrected chi connectivity index (χ2v) is 7.56. The molecule has 1 aliphatic rings. The maximum absolute atomic E-state index is 11.3. The molecule has 0 amide bonds. The fraction of sp³-hybridized carbons (Fsp3) is 0.381. The predicted octanol–water partition coefficient (Wildman–Crippen LogP) is 5.28. The van der Waals surface area contributed by atoms with Crippen molar-refractivity contribution in [3.8, 4) is 5.75 Å². The highest BCUT2D eigenvalue weighted by atomic mass is 35.5. The summed E-state index contributed by atoms with van der Waals surface area (Å²) < 4.78 is 5.55. The lowest BCUT2D eigenvalue weighted by atomic mass is 9.91. The molecule has 1 N–H and O–H groups in total. The summed E-state index contributed by atoms with van der Waals surface area (Å²) in [6, 6.07) is 13.5. The minimum absolute atomic E-state index is 0.0554. The van der Waals surface area contributed by atoms with Crippen molar-refractivity contribution in [1.82, 2.24) is 4.90 Å². The molecule has 0 radical (unpaired) electrons. The molecule has 4 nitrogen and oxygen atoms in total. The summed E-state index contributed by atoms with van der Waals surface area (Å²) in [6.45, 7) is 3.98. The number of piperidine rings is 1. The van der Waals surface area contributed by atoms with Crippen molar-refractivity contribution in [1.29, 1.82) is 0 Å². The molecule has 0 aliphatic carbocycles. The molecule has 2 aromatic carbocycles. The Bertz CT molecular complexity index is 787. The lowest BCUT2D eigenvalue weighted by Crippen LogP contribution is -2.39. The number of carboxylic acid groups (broad SMARTS) is 1. The lowest BCUT2D eigenvalue weighted by molar-refractivity contribution is -0.143. The SMILES string of the molecule is CCOc1ccc(C(c2ccc(Cl)cc2Cl)N2CCC(C(=O)O)CC2)cc1. The van der Waals surface area contributed by atoms with Crippen molar-refractivity contribution >= 4 is 29.2 Å². The Morgan fingerprint density at radius 1 is 1.19 bits per heavy atom. The second kappa shape index (κ2) is 8.96. The molecule has 1 atom stereocenters. The largest absolute Gasteiger partial charge is 0.494 e. The van der Waals surface area contributed by atoms with Crippen molar-refractivity contribution < 1.29 is 14.6 Å². The van der Waals surface area contributed by atoms with Crippen LogP contribution in [0.2, 0.25) is 10.0 Å². The minimum atomic E-state index is -0.711. The molecule has 0 saturated carbocycles. The van der Waals surface area contributed by atoms with Crippen LogP contribution in [0.5, 0.6) is 5.75 Å². The van der Waals surface area contributed by atoms with Gasteiger partial charge in [-0.15, -0.1) is 0 Å². The Morgan fingerprint density at radius 2 is 1.85 bits per heavy atom. The molecule has 1 unspecified atom stereocenters. The molecule has 0 spiro atoms. The molecule has 0 aromatic heterocycles. The Kier molecular flexibility index (Phi) is 6.64. The van der Waals surface area contributed by atoms with E-state index in [0.717, 1.165) is 16.9 Å². The van der Waals surface area contributed by atoms with Gasteiger partial charge in [-0.25, -0.2) is 0 Å². The van der Waals surface area contributed by atoms with E-state index in [2.05, 4.69) is 4.90 Å². The maximum atomic E-state index is 11.3. The number of carbonyl (C=O) groups is 1. The Hall–Kier alpha value is -1.75. The van der Waals surface area contributed by atoms with E-state index in [4.69, 9.17) is 27.9 Å². The Labute approximate surface area is 169 Å². The number of ether oxygens (including phenoxy) is 1. The molecule has 3 rings (SSSR count). The van der Waals surface area contributed by atoms with Crippen molar-refractivity contribution in [3.63, 3.8) is 0 Å². The normalized spacial score (nSPS) is 16.9. The number of benzene rings is 2. The molecule has 1 fully saturated rings. The van der Waals surface area contributed by atoms with Crippen LogP contribution in [-0.2, 0) is 4.79 Å². The topological polar surface area (TPSA) is 49.8 Å². The molecule has 27 heavy (non-hydrogen) atoms. The van der Waals surface area contributed by atoms with Gasteiger partial charge in [0.1, 0.15) is 5.75 Å². The van der Waals surface area contributed by atoms with Crippen molar-refractivity contribution in [2.45, 2.75) is 25.8 Å². The van der Waals surface area contributed by atoms with E-state index < -0.39 is 5.97 Å². The fourth-order valence-corrected chi connectivity index (χ4v) is 4.14. The van der Waals surface area contributed by atoms with Crippen LogP contribution < -0.4 is 4.74 Å². The van der Waals surface area contributed by atoms with Gasteiger partial charge in [-0.1, -0.05) is 41.4 Å². The molecular weight excluding hydrogens is 385 g/mol. The summed E-state index contributed by atoms with van der Waals surface area (Å²) in [5, 5.41) is 10.5. The van der Waals surface area contributed by atoms with Gasteiger partial charge >= 0.3 is 5.97 Å². The van der Waals surface area contributed by atoms with Crippen LogP contribution in [0.3, 0.4) is 0 Å². The number of aliphatic carboxylic acids is 1. The summed E-state index contributed by atoms with van der Waals surface area (Å²) in [7, 11) is 0. The zero-order chi connectivity index (χ0) is 19.4. The standard InChI is InChI=1S/C21H23Cl2NO3/c1-2-27-17-6-3-14(4-7-17)20(18-8-5-16(22)13-19(18)23)24-11-9-15(10-12-24)21(25)26/h3-8,13,15,20H,2,9-12H2,1H3,(H,25,26). The van der Waals surface area contributed by atoms with Gasteiger partial charge in [0.2, 0.25) is 0 Å². The van der Waals surface area contributed by atoms with Gasteiger partial charge in [0.05, 0.1) is 18.6 Å². The third kappa shape index (κ3) is 4.75. The van der Waals surface area contributed by atoms with Gasteiger partial charge in [-0.05, 0) is 68.2 Å². The van der Waals surface area contributed by atoms with Crippen LogP contribution in [0.15, 0.2) is 42.5 Å².